The minimum atomic E-state index is -0.812. The normalized spacial score (nSPS) is 23.0. The van der Waals surface area contributed by atoms with Crippen LogP contribution in [0.4, 0.5) is 4.79 Å². The molecule has 0 spiro atoms. The highest BCUT2D eigenvalue weighted by molar-refractivity contribution is 5.93. The van der Waals surface area contributed by atoms with Crippen LogP contribution >= 0.6 is 0 Å². The third-order valence-electron chi connectivity index (χ3n) is 2.91. The van der Waals surface area contributed by atoms with E-state index in [2.05, 4.69) is 4.90 Å². The number of nitrogens with one attached hydrogen (secondary N) is 1. The van der Waals surface area contributed by atoms with Crippen molar-refractivity contribution in [2.75, 3.05) is 19.6 Å². The number of amides is 3. The zero-order valence-corrected chi connectivity index (χ0v) is 9.48. The van der Waals surface area contributed by atoms with E-state index in [1.807, 2.05) is 5.32 Å². The Hall–Kier alpha value is -1.14. The number of hydrogen-bond acceptors (Lipinski definition) is 4. The predicted molar refractivity (Wildman–Crippen MR) is 58.6 cm³/mol. The topological polar surface area (TPSA) is 95.7 Å². The highest BCUT2D eigenvalue weighted by atomic mass is 16.3. The number of carbonyl (C=O) groups excluding carboxylic acids is 2. The molecule has 1 aliphatic rings. The molecule has 2 atom stereocenters. The predicted octanol–water partition coefficient (Wildman–Crippen LogP) is -0.726. The fourth-order valence-corrected chi connectivity index (χ4v) is 1.92. The Morgan fingerprint density at radius 1 is 1.62 bits per heavy atom. The molecule has 1 fully saturated rings. The number of aliphatic hydroxyl groups is 1. The maximum Gasteiger partial charge on any atom is 0.318 e. The highest BCUT2D eigenvalue weighted by Crippen LogP contribution is 2.19. The van der Waals surface area contributed by atoms with E-state index >= 15 is 0 Å². The standard InChI is InChI=1S/C10H19N3O3/c1-7(14)8-2-4-13(6-8)5-3-9(15)12-10(11)16/h7-8,14H,2-6H2,1H3,(H3,11,12,15,16). The fourth-order valence-electron chi connectivity index (χ4n) is 1.92. The zero-order valence-electron chi connectivity index (χ0n) is 9.48. The summed E-state index contributed by atoms with van der Waals surface area (Å²) >= 11 is 0. The van der Waals surface area contributed by atoms with Crippen LogP contribution in [-0.4, -0.2) is 47.7 Å². The second kappa shape index (κ2) is 5.81. The monoisotopic (exact) mass is 229 g/mol. The molecule has 92 valence electrons. The van der Waals surface area contributed by atoms with Gasteiger partial charge in [-0.25, -0.2) is 4.79 Å². The molecule has 4 N–H and O–H groups in total. The summed E-state index contributed by atoms with van der Waals surface area (Å²) in [5.74, 6) is -0.0628. The van der Waals surface area contributed by atoms with Crippen LogP contribution in [0.5, 0.6) is 0 Å². The van der Waals surface area contributed by atoms with Gasteiger partial charge in [-0.15, -0.1) is 0 Å². The van der Waals surface area contributed by atoms with Gasteiger partial charge in [0, 0.05) is 19.5 Å². The Morgan fingerprint density at radius 3 is 2.81 bits per heavy atom. The molecule has 1 aliphatic heterocycles. The molecule has 0 aromatic rings. The number of urea groups is 1. The van der Waals surface area contributed by atoms with Crippen LogP contribution in [0.1, 0.15) is 19.8 Å². The average molecular weight is 229 g/mol. The maximum atomic E-state index is 11.1. The van der Waals surface area contributed by atoms with Crippen LogP contribution < -0.4 is 11.1 Å². The van der Waals surface area contributed by atoms with Crippen molar-refractivity contribution in [3.63, 3.8) is 0 Å². The van der Waals surface area contributed by atoms with E-state index in [1.54, 1.807) is 6.92 Å². The summed E-state index contributed by atoms with van der Waals surface area (Å²) in [6, 6.07) is -0.812. The summed E-state index contributed by atoms with van der Waals surface area (Å²) < 4.78 is 0. The number of carbonyl (C=O) groups is 2. The molecule has 0 radical (unpaired) electrons. The number of aliphatic hydroxyl groups excluding tert-OH is 1. The van der Waals surface area contributed by atoms with Gasteiger partial charge in [0.15, 0.2) is 0 Å². The van der Waals surface area contributed by atoms with E-state index in [1.165, 1.54) is 0 Å². The first-order valence-electron chi connectivity index (χ1n) is 5.48. The Labute approximate surface area is 94.8 Å². The molecule has 0 bridgehead atoms. The van der Waals surface area contributed by atoms with Crippen molar-refractivity contribution in [1.82, 2.24) is 10.2 Å². The van der Waals surface area contributed by atoms with E-state index in [-0.39, 0.29) is 18.4 Å². The number of nitrogens with zero attached hydrogens (tertiary/aromatic N) is 1. The smallest absolute Gasteiger partial charge is 0.318 e. The fraction of sp³-hybridized carbons (Fsp3) is 0.800. The molecule has 3 amide bonds. The SMILES string of the molecule is CC(O)C1CCN(CCC(=O)NC(N)=O)C1. The van der Waals surface area contributed by atoms with Crippen molar-refractivity contribution in [2.45, 2.75) is 25.9 Å². The number of hydrogen-bond donors (Lipinski definition) is 3. The molecule has 1 rings (SSSR count). The van der Waals surface area contributed by atoms with Crippen molar-refractivity contribution >= 4 is 11.9 Å². The minimum absolute atomic E-state index is 0.259. The molecule has 6 nitrogen and oxygen atoms in total. The van der Waals surface area contributed by atoms with Crippen LogP contribution in [0.15, 0.2) is 0 Å². The summed E-state index contributed by atoms with van der Waals surface area (Å²) in [4.78, 5) is 23.6. The van der Waals surface area contributed by atoms with Crippen LogP contribution in [-0.2, 0) is 4.79 Å². The molecule has 16 heavy (non-hydrogen) atoms. The first kappa shape index (κ1) is 12.9. The van der Waals surface area contributed by atoms with Crippen LogP contribution in [0.2, 0.25) is 0 Å². The van der Waals surface area contributed by atoms with E-state index < -0.39 is 6.03 Å². The van der Waals surface area contributed by atoms with Crippen molar-refractivity contribution in [3.8, 4) is 0 Å². The highest BCUT2D eigenvalue weighted by Gasteiger charge is 2.25. The van der Waals surface area contributed by atoms with E-state index in [9.17, 15) is 14.7 Å². The van der Waals surface area contributed by atoms with Gasteiger partial charge >= 0.3 is 6.03 Å². The first-order valence-corrected chi connectivity index (χ1v) is 5.48. The van der Waals surface area contributed by atoms with Gasteiger partial charge in [-0.2, -0.15) is 0 Å². The quantitative estimate of drug-likeness (QED) is 0.592. The maximum absolute atomic E-state index is 11.1. The second-order valence-electron chi connectivity index (χ2n) is 4.25. The lowest BCUT2D eigenvalue weighted by atomic mass is 10.0. The lowest BCUT2D eigenvalue weighted by Crippen LogP contribution is -2.37. The third kappa shape index (κ3) is 4.16. The molecule has 0 aromatic heterocycles. The zero-order chi connectivity index (χ0) is 12.1. The van der Waals surface area contributed by atoms with Gasteiger partial charge < -0.3 is 15.7 Å². The molecule has 6 heteroatoms. The lowest BCUT2D eigenvalue weighted by Gasteiger charge is -2.16. The lowest BCUT2D eigenvalue weighted by molar-refractivity contribution is -0.120. The minimum Gasteiger partial charge on any atom is -0.393 e. The van der Waals surface area contributed by atoms with Crippen LogP contribution in [0.25, 0.3) is 0 Å². The van der Waals surface area contributed by atoms with Crippen molar-refractivity contribution in [2.24, 2.45) is 11.7 Å². The third-order valence-corrected chi connectivity index (χ3v) is 2.91. The summed E-state index contributed by atoms with van der Waals surface area (Å²) in [5.41, 5.74) is 4.82. The molecule has 1 saturated heterocycles. The van der Waals surface area contributed by atoms with Gasteiger partial charge in [-0.1, -0.05) is 0 Å². The van der Waals surface area contributed by atoms with Crippen molar-refractivity contribution in [1.29, 1.82) is 0 Å². The molecular weight excluding hydrogens is 210 g/mol. The molecule has 2 unspecified atom stereocenters. The van der Waals surface area contributed by atoms with Gasteiger partial charge in [-0.3, -0.25) is 10.1 Å². The van der Waals surface area contributed by atoms with Gasteiger partial charge in [0.2, 0.25) is 5.91 Å². The number of likely N-dealkylation sites (tertiary alicyclic amines) is 1. The molecule has 1 heterocycles. The van der Waals surface area contributed by atoms with Gasteiger partial charge in [-0.05, 0) is 25.8 Å². The summed E-state index contributed by atoms with van der Waals surface area (Å²) in [6.45, 7) is 4.08. The van der Waals surface area contributed by atoms with Crippen LogP contribution in [0, 0.1) is 5.92 Å². The summed E-state index contributed by atoms with van der Waals surface area (Å²) in [5, 5.41) is 11.4. The van der Waals surface area contributed by atoms with Gasteiger partial charge in [0.25, 0.3) is 0 Å². The van der Waals surface area contributed by atoms with E-state index in [0.717, 1.165) is 19.5 Å². The Morgan fingerprint density at radius 2 is 2.31 bits per heavy atom. The number of imide groups is 1. The summed E-state index contributed by atoms with van der Waals surface area (Å²) in [6.07, 6.45) is 0.911. The number of nitrogens with two attached hydrogens (primary N) is 1. The van der Waals surface area contributed by atoms with E-state index in [4.69, 9.17) is 5.73 Å². The Kier molecular flexibility index (Phi) is 4.70. The van der Waals surface area contributed by atoms with Crippen LogP contribution in [0.3, 0.4) is 0 Å². The first-order chi connectivity index (χ1) is 7.49. The Bertz CT molecular complexity index is 268. The van der Waals surface area contributed by atoms with Crippen molar-refractivity contribution < 1.29 is 14.7 Å². The van der Waals surface area contributed by atoms with Crippen molar-refractivity contribution in [3.05, 3.63) is 0 Å². The number of rotatable bonds is 4. The van der Waals surface area contributed by atoms with E-state index in [0.29, 0.717) is 12.5 Å². The molecule has 0 aromatic carbocycles. The molecule has 0 saturated carbocycles. The summed E-state index contributed by atoms with van der Waals surface area (Å²) in [7, 11) is 0. The molecular formula is C10H19N3O3. The van der Waals surface area contributed by atoms with Gasteiger partial charge in [0.1, 0.15) is 0 Å². The largest absolute Gasteiger partial charge is 0.393 e. The Balaban J connectivity index is 2.20. The number of primary amides is 1. The molecule has 0 aliphatic carbocycles. The second-order valence-corrected chi connectivity index (χ2v) is 4.25. The van der Waals surface area contributed by atoms with Gasteiger partial charge in [0.05, 0.1) is 6.10 Å². The average Bonchev–Trinajstić information content (AvgIpc) is 2.61.